The van der Waals surface area contributed by atoms with Gasteiger partial charge >= 0.3 is 0 Å². The molecule has 0 aliphatic carbocycles. The lowest BCUT2D eigenvalue weighted by atomic mass is 10.1. The zero-order valence-corrected chi connectivity index (χ0v) is 16.7. The number of amides is 1. The number of benzene rings is 2. The number of unbranched alkanes of at least 4 members (excludes halogenated alkanes) is 3. The third-order valence-electron chi connectivity index (χ3n) is 4.08. The summed E-state index contributed by atoms with van der Waals surface area (Å²) in [7, 11) is 0. The van der Waals surface area contributed by atoms with Crippen LogP contribution in [0.5, 0.6) is 11.5 Å². The molecule has 1 amide bonds. The predicted molar refractivity (Wildman–Crippen MR) is 111 cm³/mol. The van der Waals surface area contributed by atoms with Crippen molar-refractivity contribution in [1.29, 1.82) is 0 Å². The maximum atomic E-state index is 12.6. The lowest BCUT2D eigenvalue weighted by Gasteiger charge is -2.13. The summed E-state index contributed by atoms with van der Waals surface area (Å²) in [4.78, 5) is 12.6. The molecule has 0 radical (unpaired) electrons. The minimum atomic E-state index is -0.178. The predicted octanol–water partition coefficient (Wildman–Crippen LogP) is 5.93. The number of ether oxygens (including phenoxy) is 2. The van der Waals surface area contributed by atoms with Crippen molar-refractivity contribution in [3.8, 4) is 11.5 Å². The van der Waals surface area contributed by atoms with E-state index in [9.17, 15) is 4.79 Å². The fraction of sp³-hybridized carbons (Fsp3) is 0.435. The standard InChI is InChI=1S/C23H31NO3/c1-4-5-6-9-16-26-20-14-12-19(13-15-20)24-23(25)21-10-7-8-11-22(21)27-17-18(2)3/h7-8,10-15,18H,4-6,9,16-17H2,1-3H3,(H,24,25). The molecule has 4 heteroatoms. The molecule has 2 aromatic rings. The van der Waals surface area contributed by atoms with Crippen LogP contribution in [-0.4, -0.2) is 19.1 Å². The fourth-order valence-electron chi connectivity index (χ4n) is 2.59. The molecular weight excluding hydrogens is 338 g/mol. The van der Waals surface area contributed by atoms with E-state index in [2.05, 4.69) is 26.1 Å². The Morgan fingerprint density at radius 2 is 1.70 bits per heavy atom. The fourth-order valence-corrected chi connectivity index (χ4v) is 2.59. The summed E-state index contributed by atoms with van der Waals surface area (Å²) in [5.74, 6) is 1.65. The van der Waals surface area contributed by atoms with E-state index in [-0.39, 0.29) is 5.91 Å². The van der Waals surface area contributed by atoms with E-state index in [0.29, 0.717) is 23.8 Å². The monoisotopic (exact) mass is 369 g/mol. The van der Waals surface area contributed by atoms with Crippen molar-refractivity contribution < 1.29 is 14.3 Å². The smallest absolute Gasteiger partial charge is 0.259 e. The first-order valence-corrected chi connectivity index (χ1v) is 9.86. The van der Waals surface area contributed by atoms with Crippen LogP contribution in [0.15, 0.2) is 48.5 Å². The average molecular weight is 370 g/mol. The van der Waals surface area contributed by atoms with Gasteiger partial charge in [0.1, 0.15) is 11.5 Å². The molecule has 0 atom stereocenters. The van der Waals surface area contributed by atoms with E-state index >= 15 is 0 Å². The van der Waals surface area contributed by atoms with Gasteiger partial charge in [-0.15, -0.1) is 0 Å². The van der Waals surface area contributed by atoms with Crippen LogP contribution in [0.4, 0.5) is 5.69 Å². The molecule has 2 aromatic carbocycles. The number of carbonyl (C=O) groups is 1. The van der Waals surface area contributed by atoms with Gasteiger partial charge < -0.3 is 14.8 Å². The molecule has 0 heterocycles. The highest BCUT2D eigenvalue weighted by Gasteiger charge is 2.13. The normalized spacial score (nSPS) is 10.7. The molecule has 0 saturated heterocycles. The molecule has 0 aromatic heterocycles. The van der Waals surface area contributed by atoms with Gasteiger partial charge in [0.05, 0.1) is 18.8 Å². The van der Waals surface area contributed by atoms with E-state index < -0.39 is 0 Å². The lowest BCUT2D eigenvalue weighted by Crippen LogP contribution is -2.15. The summed E-state index contributed by atoms with van der Waals surface area (Å²) in [5.41, 5.74) is 1.27. The summed E-state index contributed by atoms with van der Waals surface area (Å²) >= 11 is 0. The summed E-state index contributed by atoms with van der Waals surface area (Å²) in [5, 5.41) is 2.92. The molecule has 0 unspecified atom stereocenters. The van der Waals surface area contributed by atoms with Gasteiger partial charge in [-0.25, -0.2) is 0 Å². The second kappa shape index (κ2) is 11.3. The Bertz CT molecular complexity index is 695. The Morgan fingerprint density at radius 3 is 2.41 bits per heavy atom. The molecule has 0 fully saturated rings. The molecule has 0 aliphatic rings. The molecule has 0 bridgehead atoms. The van der Waals surface area contributed by atoms with Crippen molar-refractivity contribution in [2.24, 2.45) is 5.92 Å². The number of anilines is 1. The third kappa shape index (κ3) is 7.33. The molecule has 0 saturated carbocycles. The van der Waals surface area contributed by atoms with Gasteiger partial charge in [-0.1, -0.05) is 52.2 Å². The van der Waals surface area contributed by atoms with Crippen LogP contribution in [0.3, 0.4) is 0 Å². The van der Waals surface area contributed by atoms with Gasteiger partial charge in [0.2, 0.25) is 0 Å². The van der Waals surface area contributed by atoms with Crippen LogP contribution in [0.2, 0.25) is 0 Å². The first-order valence-electron chi connectivity index (χ1n) is 9.86. The summed E-state index contributed by atoms with van der Waals surface area (Å²) in [6.07, 6.45) is 4.74. The molecule has 27 heavy (non-hydrogen) atoms. The maximum Gasteiger partial charge on any atom is 0.259 e. The van der Waals surface area contributed by atoms with Crippen LogP contribution in [0.1, 0.15) is 56.8 Å². The van der Waals surface area contributed by atoms with Crippen molar-refractivity contribution in [2.45, 2.75) is 46.5 Å². The van der Waals surface area contributed by atoms with E-state index in [1.807, 2.05) is 42.5 Å². The lowest BCUT2D eigenvalue weighted by molar-refractivity contribution is 0.102. The Morgan fingerprint density at radius 1 is 0.963 bits per heavy atom. The van der Waals surface area contributed by atoms with Crippen molar-refractivity contribution in [3.63, 3.8) is 0 Å². The second-order valence-electron chi connectivity index (χ2n) is 7.09. The Labute approximate surface area is 162 Å². The minimum Gasteiger partial charge on any atom is -0.494 e. The zero-order chi connectivity index (χ0) is 19.5. The molecule has 0 aliphatic heterocycles. The Kier molecular flexibility index (Phi) is 8.69. The highest BCUT2D eigenvalue weighted by Crippen LogP contribution is 2.22. The molecule has 4 nitrogen and oxygen atoms in total. The largest absolute Gasteiger partial charge is 0.494 e. The third-order valence-corrected chi connectivity index (χ3v) is 4.08. The maximum absolute atomic E-state index is 12.6. The van der Waals surface area contributed by atoms with Crippen LogP contribution >= 0.6 is 0 Å². The van der Waals surface area contributed by atoms with Crippen molar-refractivity contribution in [2.75, 3.05) is 18.5 Å². The number of para-hydroxylation sites is 1. The second-order valence-corrected chi connectivity index (χ2v) is 7.09. The summed E-state index contributed by atoms with van der Waals surface area (Å²) < 4.78 is 11.5. The van der Waals surface area contributed by atoms with Crippen LogP contribution < -0.4 is 14.8 Å². The number of hydrogen-bond donors (Lipinski definition) is 1. The molecule has 146 valence electrons. The first kappa shape index (κ1) is 20.8. The molecule has 0 spiro atoms. The van der Waals surface area contributed by atoms with Crippen LogP contribution in [-0.2, 0) is 0 Å². The van der Waals surface area contributed by atoms with Gasteiger partial charge in [0.25, 0.3) is 5.91 Å². The van der Waals surface area contributed by atoms with Crippen molar-refractivity contribution in [1.82, 2.24) is 0 Å². The quantitative estimate of drug-likeness (QED) is 0.499. The van der Waals surface area contributed by atoms with E-state index in [1.165, 1.54) is 19.3 Å². The molecule has 2 rings (SSSR count). The SMILES string of the molecule is CCCCCCOc1ccc(NC(=O)c2ccccc2OCC(C)C)cc1. The van der Waals surface area contributed by atoms with E-state index in [4.69, 9.17) is 9.47 Å². The first-order chi connectivity index (χ1) is 13.1. The van der Waals surface area contributed by atoms with E-state index in [0.717, 1.165) is 24.5 Å². The zero-order valence-electron chi connectivity index (χ0n) is 16.7. The van der Waals surface area contributed by atoms with Gasteiger partial charge in [-0.3, -0.25) is 4.79 Å². The highest BCUT2D eigenvalue weighted by atomic mass is 16.5. The summed E-state index contributed by atoms with van der Waals surface area (Å²) in [6, 6.07) is 14.8. The van der Waals surface area contributed by atoms with Gasteiger partial charge in [0, 0.05) is 5.69 Å². The van der Waals surface area contributed by atoms with Gasteiger partial charge in [0.15, 0.2) is 0 Å². The topological polar surface area (TPSA) is 47.6 Å². The molecule has 1 N–H and O–H groups in total. The average Bonchev–Trinajstić information content (AvgIpc) is 2.67. The summed E-state index contributed by atoms with van der Waals surface area (Å²) in [6.45, 7) is 7.66. The van der Waals surface area contributed by atoms with Crippen molar-refractivity contribution in [3.05, 3.63) is 54.1 Å². The number of rotatable bonds is 11. The Balaban J connectivity index is 1.90. The van der Waals surface area contributed by atoms with Crippen molar-refractivity contribution >= 4 is 11.6 Å². The Hall–Kier alpha value is -2.49. The molecular formula is C23H31NO3. The van der Waals surface area contributed by atoms with Gasteiger partial charge in [-0.05, 0) is 48.7 Å². The number of nitrogens with one attached hydrogen (secondary N) is 1. The van der Waals surface area contributed by atoms with E-state index in [1.54, 1.807) is 6.07 Å². The minimum absolute atomic E-state index is 0.178. The van der Waals surface area contributed by atoms with Gasteiger partial charge in [-0.2, -0.15) is 0 Å². The highest BCUT2D eigenvalue weighted by molar-refractivity contribution is 6.06. The number of carbonyl (C=O) groups excluding carboxylic acids is 1. The number of hydrogen-bond acceptors (Lipinski definition) is 3. The van der Waals surface area contributed by atoms with Crippen LogP contribution in [0, 0.1) is 5.92 Å². The van der Waals surface area contributed by atoms with Crippen LogP contribution in [0.25, 0.3) is 0 Å².